The molecule has 0 spiro atoms. The summed E-state index contributed by atoms with van der Waals surface area (Å²) >= 11 is 3.36. The molecule has 0 amide bonds. The van der Waals surface area contributed by atoms with Gasteiger partial charge >= 0.3 is 0 Å². The summed E-state index contributed by atoms with van der Waals surface area (Å²) in [4.78, 5) is 12.0. The average molecular weight is 337 g/mol. The Morgan fingerprint density at radius 3 is 2.65 bits per heavy atom. The van der Waals surface area contributed by atoms with E-state index in [1.165, 1.54) is 13.2 Å². The van der Waals surface area contributed by atoms with E-state index in [4.69, 9.17) is 4.74 Å². The minimum atomic E-state index is -0.461. The molecule has 0 bridgehead atoms. The number of ketones is 1. The largest absolute Gasteiger partial charge is 0.494 e. The first-order valence-electron chi connectivity index (χ1n) is 6.17. The Morgan fingerprint density at radius 1 is 1.20 bits per heavy atom. The fourth-order valence-corrected chi connectivity index (χ4v) is 2.45. The van der Waals surface area contributed by atoms with E-state index in [0.717, 1.165) is 10.0 Å². The highest BCUT2D eigenvalue weighted by Crippen LogP contribution is 2.21. The average Bonchev–Trinajstić information content (AvgIpc) is 2.41. The lowest BCUT2D eigenvalue weighted by atomic mass is 10.0. The highest BCUT2D eigenvalue weighted by Gasteiger charge is 2.12. The molecular weight excluding hydrogens is 323 g/mol. The number of methoxy groups -OCH3 is 1. The molecular formula is C16H14BrFO2. The quantitative estimate of drug-likeness (QED) is 0.826. The van der Waals surface area contributed by atoms with E-state index < -0.39 is 5.82 Å². The zero-order chi connectivity index (χ0) is 14.5. The van der Waals surface area contributed by atoms with E-state index in [0.29, 0.717) is 5.56 Å². The Balaban J connectivity index is 2.09. The van der Waals surface area contributed by atoms with Crippen molar-refractivity contribution in [2.45, 2.75) is 12.8 Å². The SMILES string of the molecule is COc1cccc(CC(=O)Cc2cccc(Br)c2)c1F. The van der Waals surface area contributed by atoms with Gasteiger partial charge in [-0.1, -0.05) is 40.2 Å². The molecule has 0 aliphatic rings. The first kappa shape index (κ1) is 14.7. The third-order valence-electron chi connectivity index (χ3n) is 2.94. The minimum absolute atomic E-state index is 0.0322. The van der Waals surface area contributed by atoms with E-state index in [-0.39, 0.29) is 24.4 Å². The molecule has 0 heterocycles. The summed E-state index contributed by atoms with van der Waals surface area (Å²) in [5.41, 5.74) is 1.28. The number of halogens is 2. The van der Waals surface area contributed by atoms with Crippen LogP contribution in [0.4, 0.5) is 4.39 Å². The first-order chi connectivity index (χ1) is 9.60. The van der Waals surface area contributed by atoms with Crippen LogP contribution in [-0.2, 0) is 17.6 Å². The fraction of sp³-hybridized carbons (Fsp3) is 0.188. The normalized spacial score (nSPS) is 10.3. The second-order valence-corrected chi connectivity index (χ2v) is 5.37. The predicted octanol–water partition coefficient (Wildman–Crippen LogP) is 3.95. The van der Waals surface area contributed by atoms with Gasteiger partial charge in [-0.05, 0) is 29.3 Å². The van der Waals surface area contributed by atoms with Crippen molar-refractivity contribution in [2.24, 2.45) is 0 Å². The molecule has 0 aliphatic heterocycles. The first-order valence-corrected chi connectivity index (χ1v) is 6.97. The lowest BCUT2D eigenvalue weighted by Crippen LogP contribution is -2.08. The lowest BCUT2D eigenvalue weighted by molar-refractivity contribution is -0.117. The van der Waals surface area contributed by atoms with E-state index in [9.17, 15) is 9.18 Å². The van der Waals surface area contributed by atoms with E-state index in [2.05, 4.69) is 15.9 Å². The lowest BCUT2D eigenvalue weighted by Gasteiger charge is -2.07. The van der Waals surface area contributed by atoms with Crippen LogP contribution in [0.5, 0.6) is 5.75 Å². The number of hydrogen-bond donors (Lipinski definition) is 0. The van der Waals surface area contributed by atoms with Gasteiger partial charge in [0.05, 0.1) is 7.11 Å². The number of Topliss-reactive ketones (excluding diaryl/α,β-unsaturated/α-hetero) is 1. The molecule has 20 heavy (non-hydrogen) atoms. The topological polar surface area (TPSA) is 26.3 Å². The van der Waals surface area contributed by atoms with Gasteiger partial charge in [-0.15, -0.1) is 0 Å². The van der Waals surface area contributed by atoms with Crippen LogP contribution in [0.3, 0.4) is 0 Å². The zero-order valence-corrected chi connectivity index (χ0v) is 12.6. The van der Waals surface area contributed by atoms with E-state index in [1.807, 2.05) is 24.3 Å². The summed E-state index contributed by atoms with van der Waals surface area (Å²) in [6.07, 6.45) is 0.353. The maximum Gasteiger partial charge on any atom is 0.168 e. The van der Waals surface area contributed by atoms with Crippen LogP contribution in [0.25, 0.3) is 0 Å². The van der Waals surface area contributed by atoms with Gasteiger partial charge in [0, 0.05) is 17.3 Å². The van der Waals surface area contributed by atoms with Crippen molar-refractivity contribution < 1.29 is 13.9 Å². The van der Waals surface area contributed by atoms with Crippen LogP contribution >= 0.6 is 15.9 Å². The molecule has 0 fully saturated rings. The van der Waals surface area contributed by atoms with Crippen molar-refractivity contribution in [1.82, 2.24) is 0 Å². The maximum absolute atomic E-state index is 14.0. The summed E-state index contributed by atoms with van der Waals surface area (Å²) in [7, 11) is 1.41. The molecule has 0 saturated heterocycles. The smallest absolute Gasteiger partial charge is 0.168 e. The van der Waals surface area contributed by atoms with Crippen LogP contribution in [0.2, 0.25) is 0 Å². The number of hydrogen-bond acceptors (Lipinski definition) is 2. The molecule has 0 aliphatic carbocycles. The second kappa shape index (κ2) is 6.66. The number of benzene rings is 2. The second-order valence-electron chi connectivity index (χ2n) is 4.46. The molecule has 4 heteroatoms. The molecule has 2 nitrogen and oxygen atoms in total. The third kappa shape index (κ3) is 3.67. The fourth-order valence-electron chi connectivity index (χ4n) is 2.00. The third-order valence-corrected chi connectivity index (χ3v) is 3.43. The number of ether oxygens (including phenoxy) is 1. The summed E-state index contributed by atoms with van der Waals surface area (Å²) in [5, 5.41) is 0. The Hall–Kier alpha value is -1.68. The molecule has 2 rings (SSSR count). The van der Waals surface area contributed by atoms with Gasteiger partial charge in [0.2, 0.25) is 0 Å². The number of rotatable bonds is 5. The molecule has 104 valence electrons. The Bertz CT molecular complexity index is 626. The highest BCUT2D eigenvalue weighted by atomic mass is 79.9. The molecule has 0 radical (unpaired) electrons. The Kier molecular flexibility index (Phi) is 4.90. The van der Waals surface area contributed by atoms with Gasteiger partial charge < -0.3 is 4.74 Å². The number of carbonyl (C=O) groups excluding carboxylic acids is 1. The molecule has 0 N–H and O–H groups in total. The Labute approximate surface area is 125 Å². The van der Waals surface area contributed by atoms with Crippen LogP contribution in [0.1, 0.15) is 11.1 Å². The van der Waals surface area contributed by atoms with E-state index in [1.54, 1.807) is 12.1 Å². The molecule has 0 unspecified atom stereocenters. The van der Waals surface area contributed by atoms with Gasteiger partial charge in [-0.3, -0.25) is 4.79 Å². The zero-order valence-electron chi connectivity index (χ0n) is 11.0. The Morgan fingerprint density at radius 2 is 1.95 bits per heavy atom. The van der Waals surface area contributed by atoms with Gasteiger partial charge in [0.25, 0.3) is 0 Å². The number of carbonyl (C=O) groups is 1. The predicted molar refractivity (Wildman–Crippen MR) is 79.5 cm³/mol. The molecule has 2 aromatic carbocycles. The summed E-state index contributed by atoms with van der Waals surface area (Å²) in [5.74, 6) is -0.328. The summed E-state index contributed by atoms with van der Waals surface area (Å²) < 4.78 is 19.8. The standard InChI is InChI=1S/C16H14BrFO2/c1-20-15-7-3-5-12(16(15)18)10-14(19)9-11-4-2-6-13(17)8-11/h2-8H,9-10H2,1H3. The van der Waals surface area contributed by atoms with Gasteiger partial charge in [-0.2, -0.15) is 0 Å². The van der Waals surface area contributed by atoms with Gasteiger partial charge in [0.1, 0.15) is 5.78 Å². The monoisotopic (exact) mass is 336 g/mol. The van der Waals surface area contributed by atoms with Gasteiger partial charge in [-0.25, -0.2) is 4.39 Å². The molecule has 2 aromatic rings. The van der Waals surface area contributed by atoms with Crippen molar-refractivity contribution in [1.29, 1.82) is 0 Å². The maximum atomic E-state index is 14.0. The molecule has 0 aromatic heterocycles. The van der Waals surface area contributed by atoms with Crippen molar-refractivity contribution in [3.63, 3.8) is 0 Å². The van der Waals surface area contributed by atoms with Crippen molar-refractivity contribution in [3.8, 4) is 5.75 Å². The van der Waals surface area contributed by atoms with Crippen molar-refractivity contribution in [2.75, 3.05) is 7.11 Å². The summed E-state index contributed by atoms with van der Waals surface area (Å²) in [6.45, 7) is 0. The van der Waals surface area contributed by atoms with Crippen LogP contribution in [-0.4, -0.2) is 12.9 Å². The molecule has 0 atom stereocenters. The van der Waals surface area contributed by atoms with E-state index >= 15 is 0 Å². The van der Waals surface area contributed by atoms with Crippen molar-refractivity contribution in [3.05, 3.63) is 63.9 Å². The highest BCUT2D eigenvalue weighted by molar-refractivity contribution is 9.10. The van der Waals surface area contributed by atoms with Crippen LogP contribution < -0.4 is 4.74 Å². The van der Waals surface area contributed by atoms with Crippen molar-refractivity contribution >= 4 is 21.7 Å². The minimum Gasteiger partial charge on any atom is -0.494 e. The molecule has 0 saturated carbocycles. The van der Waals surface area contributed by atoms with Crippen LogP contribution in [0, 0.1) is 5.82 Å². The van der Waals surface area contributed by atoms with Gasteiger partial charge in [0.15, 0.2) is 11.6 Å². The summed E-state index contributed by atoms with van der Waals surface area (Å²) in [6, 6.07) is 12.4. The van der Waals surface area contributed by atoms with Crippen LogP contribution in [0.15, 0.2) is 46.9 Å².